The van der Waals surface area contributed by atoms with Gasteiger partial charge in [-0.1, -0.05) is 27.2 Å². The molecule has 0 saturated heterocycles. The van der Waals surface area contributed by atoms with Crippen molar-refractivity contribution in [2.24, 2.45) is 5.92 Å². The van der Waals surface area contributed by atoms with Gasteiger partial charge in [0.15, 0.2) is 16.9 Å². The molecule has 9 nitrogen and oxygen atoms in total. The molecular weight excluding hydrogens is 422 g/mol. The highest BCUT2D eigenvalue weighted by atomic mass is 16.2. The number of carbonyl (C=O) groups excluding carboxylic acids is 2. The number of hydrogen-bond acceptors (Lipinski definition) is 5. The minimum Gasteiger partial charge on any atom is -0.326 e. The summed E-state index contributed by atoms with van der Waals surface area (Å²) in [4.78, 5) is 56.1. The number of carbonyl (C=O) groups is 2. The molecule has 0 aliphatic rings. The average molecular weight is 454 g/mol. The van der Waals surface area contributed by atoms with Crippen LogP contribution in [0.4, 0.5) is 5.69 Å². The molecule has 0 saturated carbocycles. The normalized spacial score (nSPS) is 11.3. The van der Waals surface area contributed by atoms with Crippen LogP contribution >= 0.6 is 0 Å². The van der Waals surface area contributed by atoms with Gasteiger partial charge in [0.05, 0.1) is 0 Å². The lowest BCUT2D eigenvalue weighted by molar-refractivity contribution is -0.116. The third kappa shape index (κ3) is 5.66. The van der Waals surface area contributed by atoms with Gasteiger partial charge in [-0.3, -0.25) is 23.9 Å². The summed E-state index contributed by atoms with van der Waals surface area (Å²) >= 11 is 0. The Labute approximate surface area is 191 Å². The quantitative estimate of drug-likeness (QED) is 0.457. The van der Waals surface area contributed by atoms with Gasteiger partial charge in [0.2, 0.25) is 5.91 Å². The fourth-order valence-electron chi connectivity index (χ4n) is 3.73. The van der Waals surface area contributed by atoms with Crippen molar-refractivity contribution in [2.75, 3.05) is 5.32 Å². The Morgan fingerprint density at radius 1 is 1.12 bits per heavy atom. The van der Waals surface area contributed by atoms with E-state index in [9.17, 15) is 19.2 Å². The van der Waals surface area contributed by atoms with Crippen molar-refractivity contribution < 1.29 is 9.59 Å². The minimum absolute atomic E-state index is 0.0377. The number of fused-ring (bicyclic) bond motifs is 1. The van der Waals surface area contributed by atoms with Crippen LogP contribution in [0.3, 0.4) is 0 Å². The second-order valence-corrected chi connectivity index (χ2v) is 8.65. The maximum Gasteiger partial charge on any atom is 0.330 e. The van der Waals surface area contributed by atoms with E-state index in [1.807, 2.05) is 25.3 Å². The Kier molecular flexibility index (Phi) is 7.63. The van der Waals surface area contributed by atoms with E-state index >= 15 is 0 Å². The van der Waals surface area contributed by atoms with Crippen LogP contribution < -0.4 is 16.6 Å². The lowest BCUT2D eigenvalue weighted by atomic mass is 10.1. The van der Waals surface area contributed by atoms with Crippen LogP contribution in [0.1, 0.15) is 63.1 Å². The van der Waals surface area contributed by atoms with Gasteiger partial charge in [-0.05, 0) is 43.5 Å². The van der Waals surface area contributed by atoms with Gasteiger partial charge in [-0.25, -0.2) is 9.78 Å². The molecule has 0 atom stereocenters. The molecule has 176 valence electrons. The number of H-pyrrole nitrogens is 1. The Hall–Kier alpha value is -3.49. The molecule has 2 heterocycles. The van der Waals surface area contributed by atoms with Crippen LogP contribution in [-0.2, 0) is 24.3 Å². The molecule has 2 aromatic heterocycles. The smallest absolute Gasteiger partial charge is 0.326 e. The number of aromatic nitrogens is 4. The molecule has 1 aromatic carbocycles. The maximum atomic E-state index is 12.7. The summed E-state index contributed by atoms with van der Waals surface area (Å²) in [6.45, 7) is 8.61. The first-order valence-corrected chi connectivity index (χ1v) is 11.3. The highest BCUT2D eigenvalue weighted by molar-refractivity contribution is 5.95. The second kappa shape index (κ2) is 10.4. The number of aryl methyl sites for hydroxylation is 2. The van der Waals surface area contributed by atoms with E-state index in [4.69, 9.17) is 0 Å². The highest BCUT2D eigenvalue weighted by Crippen LogP contribution is 2.17. The zero-order valence-corrected chi connectivity index (χ0v) is 19.6. The monoisotopic (exact) mass is 453 g/mol. The van der Waals surface area contributed by atoms with Crippen LogP contribution in [0.25, 0.3) is 11.2 Å². The first kappa shape index (κ1) is 24.2. The van der Waals surface area contributed by atoms with Crippen molar-refractivity contribution in [3.8, 4) is 0 Å². The summed E-state index contributed by atoms with van der Waals surface area (Å²) in [6, 6.07) is 6.72. The molecule has 0 fully saturated rings. The first-order valence-electron chi connectivity index (χ1n) is 11.3. The molecule has 0 aliphatic heterocycles. The van der Waals surface area contributed by atoms with Crippen molar-refractivity contribution in [3.05, 3.63) is 56.5 Å². The van der Waals surface area contributed by atoms with Crippen molar-refractivity contribution in [3.63, 3.8) is 0 Å². The Morgan fingerprint density at radius 2 is 1.82 bits per heavy atom. The summed E-state index contributed by atoms with van der Waals surface area (Å²) in [6.07, 6.45) is 2.17. The third-order valence-corrected chi connectivity index (χ3v) is 5.40. The summed E-state index contributed by atoms with van der Waals surface area (Å²) in [7, 11) is 0. The van der Waals surface area contributed by atoms with Gasteiger partial charge in [-0.2, -0.15) is 0 Å². The van der Waals surface area contributed by atoms with Crippen LogP contribution in [0, 0.1) is 5.92 Å². The highest BCUT2D eigenvalue weighted by Gasteiger charge is 2.19. The maximum absolute atomic E-state index is 12.7. The first-order chi connectivity index (χ1) is 15.7. The number of imidazole rings is 1. The molecule has 2 N–H and O–H groups in total. The Balaban J connectivity index is 1.87. The molecule has 33 heavy (non-hydrogen) atoms. The van der Waals surface area contributed by atoms with E-state index in [2.05, 4.69) is 15.3 Å². The number of rotatable bonds is 10. The van der Waals surface area contributed by atoms with Gasteiger partial charge >= 0.3 is 5.69 Å². The van der Waals surface area contributed by atoms with Gasteiger partial charge in [0.1, 0.15) is 5.82 Å². The number of nitrogens with zero attached hydrogens (tertiary/aromatic N) is 3. The van der Waals surface area contributed by atoms with Crippen LogP contribution in [-0.4, -0.2) is 30.8 Å². The van der Waals surface area contributed by atoms with Gasteiger partial charge in [-0.15, -0.1) is 0 Å². The molecule has 9 heteroatoms. The molecule has 3 rings (SSSR count). The number of hydrogen-bond donors (Lipinski definition) is 2. The van der Waals surface area contributed by atoms with E-state index < -0.39 is 11.2 Å². The number of nitrogens with one attached hydrogen (secondary N) is 2. The molecule has 0 unspecified atom stereocenters. The average Bonchev–Trinajstić information content (AvgIpc) is 3.10. The standard InChI is InChI=1S/C24H31N5O4/c1-5-6-13-28-22-21(23(32)27-24(28)33)29(14-15(2)3)19(26-22)11-12-20(31)25-18-9-7-17(8-10-18)16(4)30/h7-10,15H,5-6,11-14H2,1-4H3,(H,25,31)(H,27,32,33). The van der Waals surface area contributed by atoms with E-state index in [1.165, 1.54) is 11.5 Å². The number of Topliss-reactive ketones (excluding diaryl/α,β-unsaturated/α-hetero) is 1. The molecular formula is C24H31N5O4. The van der Waals surface area contributed by atoms with Crippen LogP contribution in [0.5, 0.6) is 0 Å². The van der Waals surface area contributed by atoms with Crippen molar-refractivity contribution in [1.29, 1.82) is 0 Å². The molecule has 0 radical (unpaired) electrons. The third-order valence-electron chi connectivity index (χ3n) is 5.40. The molecule has 0 bridgehead atoms. The van der Waals surface area contributed by atoms with E-state index in [0.29, 0.717) is 47.7 Å². The number of amides is 1. The van der Waals surface area contributed by atoms with Crippen molar-refractivity contribution in [1.82, 2.24) is 19.1 Å². The molecule has 0 spiro atoms. The van der Waals surface area contributed by atoms with Gasteiger partial charge in [0.25, 0.3) is 5.56 Å². The number of anilines is 1. The summed E-state index contributed by atoms with van der Waals surface area (Å²) in [5.74, 6) is 0.600. The molecule has 3 aromatic rings. The fourth-order valence-corrected chi connectivity index (χ4v) is 3.73. The fraction of sp³-hybridized carbons (Fsp3) is 0.458. The summed E-state index contributed by atoms with van der Waals surface area (Å²) < 4.78 is 3.34. The second-order valence-electron chi connectivity index (χ2n) is 8.65. The van der Waals surface area contributed by atoms with E-state index in [-0.39, 0.29) is 24.0 Å². The molecule has 1 amide bonds. The van der Waals surface area contributed by atoms with Crippen molar-refractivity contribution >= 4 is 28.5 Å². The summed E-state index contributed by atoms with van der Waals surface area (Å²) in [5, 5.41) is 2.82. The minimum atomic E-state index is -0.464. The predicted molar refractivity (Wildman–Crippen MR) is 128 cm³/mol. The lowest BCUT2D eigenvalue weighted by Gasteiger charge is -2.11. The summed E-state index contributed by atoms with van der Waals surface area (Å²) in [5.41, 5.74) is 0.994. The molecule has 0 aliphatic carbocycles. The number of ketones is 1. The Bertz CT molecular complexity index is 1260. The lowest BCUT2D eigenvalue weighted by Crippen LogP contribution is -2.31. The SMILES string of the molecule is CCCCn1c(=O)[nH]c(=O)c2c1nc(CCC(=O)Nc1ccc(C(C)=O)cc1)n2CC(C)C. The zero-order valence-electron chi connectivity index (χ0n) is 19.6. The van der Waals surface area contributed by atoms with E-state index in [1.54, 1.807) is 24.3 Å². The van der Waals surface area contributed by atoms with Crippen LogP contribution in [0.2, 0.25) is 0 Å². The van der Waals surface area contributed by atoms with E-state index in [0.717, 1.165) is 12.8 Å². The number of benzene rings is 1. The number of unbranched alkanes of at least 4 members (excludes halogenated alkanes) is 1. The van der Waals surface area contributed by atoms with Gasteiger partial charge < -0.3 is 9.88 Å². The van der Waals surface area contributed by atoms with Crippen molar-refractivity contribution in [2.45, 2.75) is 66.5 Å². The topological polar surface area (TPSA) is 119 Å². The van der Waals surface area contributed by atoms with Gasteiger partial charge in [0, 0.05) is 37.2 Å². The van der Waals surface area contributed by atoms with Crippen LogP contribution in [0.15, 0.2) is 33.9 Å². The Morgan fingerprint density at radius 3 is 2.42 bits per heavy atom. The number of aromatic amines is 1. The zero-order chi connectivity index (χ0) is 24.1. The predicted octanol–water partition coefficient (Wildman–Crippen LogP) is 3.12. The largest absolute Gasteiger partial charge is 0.330 e.